The summed E-state index contributed by atoms with van der Waals surface area (Å²) in [5.74, 6) is -0.649. The molecule has 0 aliphatic heterocycles. The maximum Gasteiger partial charge on any atom is 0.206 e. The minimum Gasteiger partial charge on any atom is -0.375 e. The summed E-state index contributed by atoms with van der Waals surface area (Å²) in [6.07, 6.45) is 0. The molecule has 0 radical (unpaired) electrons. The van der Waals surface area contributed by atoms with Gasteiger partial charge in [-0.2, -0.15) is 5.26 Å². The van der Waals surface area contributed by atoms with Crippen LogP contribution in [0.1, 0.15) is 30.9 Å². The van der Waals surface area contributed by atoms with Gasteiger partial charge in [-0.1, -0.05) is 42.8 Å². The molecule has 2 aromatic rings. The van der Waals surface area contributed by atoms with Gasteiger partial charge in [-0.05, 0) is 37.6 Å². The fourth-order valence-corrected chi connectivity index (χ4v) is 3.89. The van der Waals surface area contributed by atoms with Gasteiger partial charge in [-0.3, -0.25) is 0 Å². The molecule has 0 amide bonds. The Morgan fingerprint density at radius 3 is 2.26 bits per heavy atom. The van der Waals surface area contributed by atoms with E-state index in [1.807, 2.05) is 13.0 Å². The summed E-state index contributed by atoms with van der Waals surface area (Å²) in [6, 6.07) is 14.9. The van der Waals surface area contributed by atoms with Crippen LogP contribution in [0.3, 0.4) is 0 Å². The van der Waals surface area contributed by atoms with Gasteiger partial charge in [0, 0.05) is 5.92 Å². The zero-order valence-corrected chi connectivity index (χ0v) is 14.1. The Morgan fingerprint density at radius 2 is 1.70 bits per heavy atom. The first-order valence-corrected chi connectivity index (χ1v) is 8.73. The van der Waals surface area contributed by atoms with Crippen LogP contribution < -0.4 is 0 Å². The van der Waals surface area contributed by atoms with Crippen LogP contribution >= 0.6 is 0 Å². The van der Waals surface area contributed by atoms with Crippen molar-refractivity contribution in [2.45, 2.75) is 42.1 Å². The number of sulfone groups is 1. The third kappa shape index (κ3) is 3.29. The first-order chi connectivity index (χ1) is 10.7. The molecule has 5 heteroatoms. The van der Waals surface area contributed by atoms with Gasteiger partial charge in [0.1, 0.15) is 0 Å². The van der Waals surface area contributed by atoms with Crippen molar-refractivity contribution in [2.75, 3.05) is 0 Å². The maximum absolute atomic E-state index is 12.9. The Hall–Kier alpha value is -2.16. The second-order valence-electron chi connectivity index (χ2n) is 5.84. The predicted octanol–water partition coefficient (Wildman–Crippen LogP) is 3.21. The molecule has 0 bridgehead atoms. The fourth-order valence-electron chi connectivity index (χ4n) is 2.33. The van der Waals surface area contributed by atoms with Crippen molar-refractivity contribution < 1.29 is 13.5 Å². The lowest BCUT2D eigenvalue weighted by Gasteiger charge is -2.25. The largest absolute Gasteiger partial charge is 0.375 e. The summed E-state index contributed by atoms with van der Waals surface area (Å²) in [7, 11) is -3.72. The van der Waals surface area contributed by atoms with Gasteiger partial charge in [0.25, 0.3) is 0 Å². The first kappa shape index (κ1) is 17.2. The average molecular weight is 329 g/mol. The Bertz CT molecular complexity index is 847. The van der Waals surface area contributed by atoms with Crippen LogP contribution in [0.5, 0.6) is 0 Å². The molecule has 4 nitrogen and oxygen atoms in total. The van der Waals surface area contributed by atoms with Gasteiger partial charge in [0.2, 0.25) is 9.84 Å². The van der Waals surface area contributed by atoms with E-state index in [4.69, 9.17) is 5.26 Å². The normalized spacial score (nSPS) is 15.4. The zero-order chi connectivity index (χ0) is 17.3. The number of hydrogen-bond donors (Lipinski definition) is 1. The van der Waals surface area contributed by atoms with Crippen molar-refractivity contribution in [3.8, 4) is 6.07 Å². The average Bonchev–Trinajstić information content (AvgIpc) is 2.54. The predicted molar refractivity (Wildman–Crippen MR) is 87.7 cm³/mol. The Kier molecular flexibility index (Phi) is 4.60. The number of aryl methyl sites for hydroxylation is 1. The van der Waals surface area contributed by atoms with E-state index in [1.54, 1.807) is 49.4 Å². The summed E-state index contributed by atoms with van der Waals surface area (Å²) in [5, 5.41) is 19.3. The highest BCUT2D eigenvalue weighted by Crippen LogP contribution is 2.34. The number of hydrogen-bond acceptors (Lipinski definition) is 4. The molecule has 120 valence electrons. The number of benzene rings is 2. The number of nitriles is 1. The van der Waals surface area contributed by atoms with Crippen molar-refractivity contribution in [3.63, 3.8) is 0 Å². The van der Waals surface area contributed by atoms with Gasteiger partial charge in [0.15, 0.2) is 5.60 Å². The molecule has 0 heterocycles. The van der Waals surface area contributed by atoms with Crippen LogP contribution in [0.4, 0.5) is 0 Å². The molecule has 0 spiro atoms. The molecule has 0 saturated carbocycles. The summed E-state index contributed by atoms with van der Waals surface area (Å²) in [4.78, 5) is 0.311. The van der Waals surface area contributed by atoms with E-state index < -0.39 is 21.4 Å². The van der Waals surface area contributed by atoms with Crippen molar-refractivity contribution >= 4 is 9.84 Å². The summed E-state index contributed by atoms with van der Waals surface area (Å²) >= 11 is 0. The van der Waals surface area contributed by atoms with Crippen molar-refractivity contribution in [1.29, 1.82) is 5.26 Å². The number of nitrogens with zero attached hydrogens (tertiary/aromatic N) is 1. The minimum absolute atomic E-state index is 0.117. The van der Waals surface area contributed by atoms with Crippen molar-refractivity contribution in [3.05, 3.63) is 59.7 Å². The Morgan fingerprint density at radius 1 is 1.13 bits per heavy atom. The fraction of sp³-hybridized carbons (Fsp3) is 0.278. The highest BCUT2D eigenvalue weighted by atomic mass is 32.2. The molecule has 0 fully saturated rings. The third-order valence-electron chi connectivity index (χ3n) is 4.08. The molecular weight excluding hydrogens is 310 g/mol. The van der Waals surface area contributed by atoms with Crippen LogP contribution in [0.2, 0.25) is 0 Å². The smallest absolute Gasteiger partial charge is 0.206 e. The minimum atomic E-state index is -3.72. The van der Waals surface area contributed by atoms with Gasteiger partial charge in [0.05, 0.1) is 15.9 Å². The molecule has 23 heavy (non-hydrogen) atoms. The highest BCUT2D eigenvalue weighted by Gasteiger charge is 2.33. The van der Waals surface area contributed by atoms with E-state index in [0.29, 0.717) is 5.56 Å². The molecular formula is C18H19NO3S. The van der Waals surface area contributed by atoms with Crippen LogP contribution in [0.25, 0.3) is 0 Å². The lowest BCUT2D eigenvalue weighted by molar-refractivity contribution is 0.0933. The van der Waals surface area contributed by atoms with Crippen molar-refractivity contribution in [2.24, 2.45) is 0 Å². The summed E-state index contributed by atoms with van der Waals surface area (Å²) < 4.78 is 25.8. The first-order valence-electron chi connectivity index (χ1n) is 7.24. The van der Waals surface area contributed by atoms with Gasteiger partial charge >= 0.3 is 0 Å². The maximum atomic E-state index is 12.9. The molecule has 0 aliphatic rings. The van der Waals surface area contributed by atoms with Gasteiger partial charge < -0.3 is 5.11 Å². The SMILES string of the molecule is Cc1ccc(S(=O)(=O)c2ccccc2[C@@H](C)[C@](C)(O)C#N)cc1. The topological polar surface area (TPSA) is 78.2 Å². The standard InChI is InChI=1S/C18H19NO3S/c1-13-8-10-15(11-9-13)23(21,22)17-7-5-4-6-16(17)14(2)18(3,20)12-19/h4-11,14,20H,1-3H3/t14-,18-/m1/s1. The number of aliphatic hydroxyl groups is 1. The molecule has 0 unspecified atom stereocenters. The van der Waals surface area contributed by atoms with E-state index in [2.05, 4.69) is 0 Å². The monoisotopic (exact) mass is 329 g/mol. The van der Waals surface area contributed by atoms with E-state index in [-0.39, 0.29) is 9.79 Å². The second-order valence-corrected chi connectivity index (χ2v) is 7.75. The molecule has 1 N–H and O–H groups in total. The second kappa shape index (κ2) is 6.15. The molecule has 0 aliphatic carbocycles. The molecule has 2 rings (SSSR count). The van der Waals surface area contributed by atoms with Gasteiger partial charge in [-0.25, -0.2) is 8.42 Å². The quantitative estimate of drug-likeness (QED) is 0.874. The summed E-state index contributed by atoms with van der Waals surface area (Å²) in [6.45, 7) is 4.91. The Labute approximate surface area is 136 Å². The van der Waals surface area contributed by atoms with Crippen LogP contribution in [0.15, 0.2) is 58.3 Å². The van der Waals surface area contributed by atoms with Crippen LogP contribution in [-0.4, -0.2) is 19.1 Å². The van der Waals surface area contributed by atoms with E-state index in [9.17, 15) is 13.5 Å². The summed E-state index contributed by atoms with van der Waals surface area (Å²) in [5.41, 5.74) is -0.253. The van der Waals surface area contributed by atoms with Gasteiger partial charge in [-0.15, -0.1) is 0 Å². The molecule has 0 aromatic heterocycles. The molecule has 2 aromatic carbocycles. The van der Waals surface area contributed by atoms with E-state index in [1.165, 1.54) is 13.0 Å². The van der Waals surface area contributed by atoms with Crippen molar-refractivity contribution in [1.82, 2.24) is 0 Å². The zero-order valence-electron chi connectivity index (χ0n) is 13.3. The molecule has 2 atom stereocenters. The lowest BCUT2D eigenvalue weighted by atomic mass is 9.86. The lowest BCUT2D eigenvalue weighted by Crippen LogP contribution is -2.30. The van der Waals surface area contributed by atoms with E-state index in [0.717, 1.165) is 5.56 Å². The van der Waals surface area contributed by atoms with Crippen LogP contribution in [-0.2, 0) is 9.84 Å². The highest BCUT2D eigenvalue weighted by molar-refractivity contribution is 7.91. The number of rotatable bonds is 4. The Balaban J connectivity index is 2.61. The third-order valence-corrected chi connectivity index (χ3v) is 5.92. The van der Waals surface area contributed by atoms with Crippen LogP contribution in [0, 0.1) is 18.3 Å². The van der Waals surface area contributed by atoms with E-state index >= 15 is 0 Å². The molecule has 0 saturated heterocycles.